The van der Waals surface area contributed by atoms with E-state index in [1.54, 1.807) is 26.2 Å². The lowest BCUT2D eigenvalue weighted by Gasteiger charge is -2.16. The molecule has 0 radical (unpaired) electrons. The number of aromatic nitrogens is 1. The predicted molar refractivity (Wildman–Crippen MR) is 91.9 cm³/mol. The van der Waals surface area contributed by atoms with Crippen LogP contribution in [0.25, 0.3) is 21.8 Å². The van der Waals surface area contributed by atoms with Crippen molar-refractivity contribution in [1.82, 2.24) is 4.98 Å². The van der Waals surface area contributed by atoms with Gasteiger partial charge < -0.3 is 15.2 Å². The van der Waals surface area contributed by atoms with E-state index in [9.17, 15) is 15.2 Å². The Morgan fingerprint density at radius 1 is 1.33 bits per heavy atom. The number of aliphatic hydroxyl groups excluding tert-OH is 1. The third-order valence-electron chi connectivity index (χ3n) is 3.70. The fourth-order valence-corrected chi connectivity index (χ4v) is 2.79. The van der Waals surface area contributed by atoms with E-state index in [-0.39, 0.29) is 5.69 Å². The van der Waals surface area contributed by atoms with Crippen LogP contribution in [0.4, 0.5) is 11.4 Å². The highest BCUT2D eigenvalue weighted by Gasteiger charge is 2.20. The van der Waals surface area contributed by atoms with Crippen molar-refractivity contribution in [3.63, 3.8) is 0 Å². The van der Waals surface area contributed by atoms with E-state index in [1.807, 2.05) is 18.2 Å². The van der Waals surface area contributed by atoms with Gasteiger partial charge in [0.2, 0.25) is 0 Å². The van der Waals surface area contributed by atoms with Crippen molar-refractivity contribution in [1.29, 1.82) is 0 Å². The summed E-state index contributed by atoms with van der Waals surface area (Å²) in [5.41, 5.74) is 2.54. The van der Waals surface area contributed by atoms with Crippen LogP contribution in [-0.4, -0.2) is 28.4 Å². The number of anilines is 1. The molecule has 1 unspecified atom stereocenters. The fourth-order valence-electron chi connectivity index (χ4n) is 2.79. The Hall–Kier alpha value is -2.77. The van der Waals surface area contributed by atoms with Crippen molar-refractivity contribution >= 4 is 33.2 Å². The summed E-state index contributed by atoms with van der Waals surface area (Å²) in [5.74, 6) is 0. The van der Waals surface area contributed by atoms with E-state index in [4.69, 9.17) is 4.74 Å². The fraction of sp³-hybridized carbons (Fsp3) is 0.235. The summed E-state index contributed by atoms with van der Waals surface area (Å²) in [5, 5.41) is 25.2. The number of ether oxygens (including phenoxy) is 1. The van der Waals surface area contributed by atoms with Gasteiger partial charge in [-0.2, -0.15) is 0 Å². The summed E-state index contributed by atoms with van der Waals surface area (Å²) < 4.78 is 5.15. The number of hydrogen-bond donors (Lipinski definition) is 2. The molecule has 0 spiro atoms. The highest BCUT2D eigenvalue weighted by atomic mass is 16.6. The van der Waals surface area contributed by atoms with Gasteiger partial charge in [-0.25, -0.2) is 4.98 Å². The first-order chi connectivity index (χ1) is 11.5. The quantitative estimate of drug-likeness (QED) is 0.323. The number of fused-ring (bicyclic) bond motifs is 2. The van der Waals surface area contributed by atoms with Crippen LogP contribution >= 0.6 is 0 Å². The summed E-state index contributed by atoms with van der Waals surface area (Å²) in [4.78, 5) is 15.5. The number of non-ortho nitro benzene ring substituents is 1. The van der Waals surface area contributed by atoms with Crippen molar-refractivity contribution < 1.29 is 14.8 Å². The molecule has 7 nitrogen and oxygen atoms in total. The molecule has 0 aliphatic carbocycles. The van der Waals surface area contributed by atoms with E-state index in [0.717, 1.165) is 5.56 Å². The van der Waals surface area contributed by atoms with E-state index in [2.05, 4.69) is 10.3 Å². The third-order valence-corrected chi connectivity index (χ3v) is 3.70. The number of hydrogen-bond acceptors (Lipinski definition) is 6. The molecule has 2 aromatic carbocycles. The predicted octanol–water partition coefficient (Wildman–Crippen LogP) is 3.19. The van der Waals surface area contributed by atoms with Gasteiger partial charge in [0.05, 0.1) is 28.3 Å². The zero-order chi connectivity index (χ0) is 17.3. The lowest BCUT2D eigenvalue weighted by Crippen LogP contribution is -2.14. The average molecular weight is 327 g/mol. The monoisotopic (exact) mass is 327 g/mol. The number of pyridine rings is 1. The number of nitro benzene ring substituents is 1. The molecular formula is C17H17N3O4. The van der Waals surface area contributed by atoms with Gasteiger partial charge in [-0.15, -0.1) is 0 Å². The molecule has 0 fully saturated rings. The zero-order valence-corrected chi connectivity index (χ0v) is 13.3. The first-order valence-electron chi connectivity index (χ1n) is 7.44. The summed E-state index contributed by atoms with van der Waals surface area (Å²) >= 11 is 0. The molecule has 0 aliphatic heterocycles. The van der Waals surface area contributed by atoms with Crippen LogP contribution in [0, 0.1) is 10.1 Å². The van der Waals surface area contributed by atoms with Gasteiger partial charge in [0.25, 0.3) is 5.69 Å². The Bertz CT molecular complexity index is 924. The van der Waals surface area contributed by atoms with E-state index >= 15 is 0 Å². The maximum absolute atomic E-state index is 11.4. The van der Waals surface area contributed by atoms with Crippen LogP contribution in [-0.2, 0) is 11.3 Å². The molecule has 0 saturated carbocycles. The molecule has 124 valence electrons. The summed E-state index contributed by atoms with van der Waals surface area (Å²) in [6.45, 7) is 1.98. The molecule has 0 aliphatic rings. The second kappa shape index (κ2) is 6.38. The minimum atomic E-state index is -0.871. The largest absolute Gasteiger partial charge is 0.380 e. The van der Waals surface area contributed by atoms with Gasteiger partial charge in [0.15, 0.2) is 0 Å². The minimum absolute atomic E-state index is 0.0535. The van der Waals surface area contributed by atoms with Crippen LogP contribution < -0.4 is 5.32 Å². The number of nitro groups is 1. The molecule has 0 amide bonds. The molecule has 1 aromatic heterocycles. The lowest BCUT2D eigenvalue weighted by atomic mass is 10.0. The number of aliphatic hydroxyl groups is 1. The first kappa shape index (κ1) is 16.1. The van der Waals surface area contributed by atoms with Crippen molar-refractivity contribution in [3.05, 3.63) is 52.1 Å². The third kappa shape index (κ3) is 2.86. The summed E-state index contributed by atoms with van der Waals surface area (Å²) in [6.07, 6.45) is -0.871. The number of nitrogens with zero attached hydrogens (tertiary/aromatic N) is 2. The highest BCUT2D eigenvalue weighted by molar-refractivity contribution is 6.11. The van der Waals surface area contributed by atoms with E-state index in [1.165, 1.54) is 6.07 Å². The van der Waals surface area contributed by atoms with Gasteiger partial charge >= 0.3 is 0 Å². The topological polar surface area (TPSA) is 97.5 Å². The summed E-state index contributed by atoms with van der Waals surface area (Å²) in [7, 11) is 1.60. The average Bonchev–Trinajstić information content (AvgIpc) is 2.54. The van der Waals surface area contributed by atoms with E-state index < -0.39 is 11.2 Å². The van der Waals surface area contributed by atoms with Crippen molar-refractivity contribution in [3.8, 4) is 0 Å². The Morgan fingerprint density at radius 2 is 2.12 bits per heavy atom. The second-order valence-corrected chi connectivity index (χ2v) is 5.52. The van der Waals surface area contributed by atoms with Crippen LogP contribution in [0.2, 0.25) is 0 Å². The van der Waals surface area contributed by atoms with Crippen molar-refractivity contribution in [2.24, 2.45) is 0 Å². The van der Waals surface area contributed by atoms with Crippen molar-refractivity contribution in [2.45, 2.75) is 19.8 Å². The molecule has 0 bridgehead atoms. The zero-order valence-electron chi connectivity index (χ0n) is 13.3. The Kier molecular flexibility index (Phi) is 4.28. The van der Waals surface area contributed by atoms with Gasteiger partial charge in [0, 0.05) is 18.6 Å². The Labute approximate surface area is 138 Å². The number of rotatable bonds is 5. The molecule has 24 heavy (non-hydrogen) atoms. The van der Waals surface area contributed by atoms with Gasteiger partial charge in [-0.3, -0.25) is 10.1 Å². The minimum Gasteiger partial charge on any atom is -0.380 e. The second-order valence-electron chi connectivity index (χ2n) is 5.52. The molecule has 0 saturated heterocycles. The molecule has 2 N–H and O–H groups in total. The molecular weight excluding hydrogens is 310 g/mol. The lowest BCUT2D eigenvalue weighted by molar-refractivity contribution is -0.383. The van der Waals surface area contributed by atoms with Crippen LogP contribution in [0.3, 0.4) is 0 Å². The highest BCUT2D eigenvalue weighted by Crippen LogP contribution is 2.37. The molecule has 1 heterocycles. The molecule has 7 heteroatoms. The normalized spacial score (nSPS) is 12.5. The smallest absolute Gasteiger partial charge is 0.280 e. The van der Waals surface area contributed by atoms with Crippen LogP contribution in [0.1, 0.15) is 12.5 Å². The van der Waals surface area contributed by atoms with Gasteiger partial charge in [-0.1, -0.05) is 12.1 Å². The van der Waals surface area contributed by atoms with Gasteiger partial charge in [-0.05, 0) is 30.7 Å². The first-order valence-corrected chi connectivity index (χ1v) is 7.44. The number of methoxy groups -OCH3 is 1. The maximum Gasteiger partial charge on any atom is 0.280 e. The van der Waals surface area contributed by atoms with Crippen molar-refractivity contribution in [2.75, 3.05) is 12.4 Å². The maximum atomic E-state index is 11.4. The Morgan fingerprint density at radius 3 is 2.79 bits per heavy atom. The van der Waals surface area contributed by atoms with E-state index in [0.29, 0.717) is 34.1 Å². The molecule has 1 atom stereocenters. The molecule has 3 aromatic rings. The number of benzene rings is 2. The van der Waals surface area contributed by atoms with Crippen LogP contribution in [0.5, 0.6) is 0 Å². The molecule has 3 rings (SSSR count). The SMILES string of the molecule is COCc1ccc2nc3cccc([N+](=O)[O-])c3c(NC(C)O)c2c1. The Balaban J connectivity index is 2.42. The summed E-state index contributed by atoms with van der Waals surface area (Å²) in [6, 6.07) is 10.4. The van der Waals surface area contributed by atoms with Gasteiger partial charge in [0.1, 0.15) is 11.6 Å². The standard InChI is InChI=1S/C17H17N3O4/c1-10(21)18-17-12-8-11(9-24-2)6-7-13(12)19-14-4-3-5-15(16(14)17)20(22)23/h3-8,10,21H,9H2,1-2H3,(H,18,19). The number of nitrogens with one attached hydrogen (secondary N) is 1. The van der Waals surface area contributed by atoms with Crippen LogP contribution in [0.15, 0.2) is 36.4 Å².